The lowest BCUT2D eigenvalue weighted by Crippen LogP contribution is -2.44. The van der Waals surface area contributed by atoms with Gasteiger partial charge in [-0.15, -0.1) is 0 Å². The van der Waals surface area contributed by atoms with Crippen LogP contribution in [0.3, 0.4) is 0 Å². The summed E-state index contributed by atoms with van der Waals surface area (Å²) >= 11 is 1.36. The van der Waals surface area contributed by atoms with Crippen molar-refractivity contribution in [1.29, 1.82) is 0 Å². The molecule has 2 heterocycles. The maximum Gasteiger partial charge on any atom is 0.233 e. The van der Waals surface area contributed by atoms with E-state index < -0.39 is 0 Å². The number of thioether (sulfide) groups is 1. The first kappa shape index (κ1) is 14.3. The fraction of sp³-hybridized carbons (Fsp3) is 0.615. The summed E-state index contributed by atoms with van der Waals surface area (Å²) in [6.07, 6.45) is 5.59. The van der Waals surface area contributed by atoms with Gasteiger partial charge in [0, 0.05) is 19.0 Å². The summed E-state index contributed by atoms with van der Waals surface area (Å²) < 4.78 is 5.57. The van der Waals surface area contributed by atoms with E-state index in [0.29, 0.717) is 5.16 Å². The molecule has 1 aromatic heterocycles. The molecule has 1 aromatic rings. The van der Waals surface area contributed by atoms with E-state index in [4.69, 9.17) is 4.74 Å². The maximum atomic E-state index is 12.1. The molecule has 1 saturated heterocycles. The average Bonchev–Trinajstić information content (AvgIpc) is 2.93. The molecular formula is C13H19N3O2S. The Bertz CT molecular complexity index is 410. The number of carbonyl (C=O) groups excluding carboxylic acids is 1. The van der Waals surface area contributed by atoms with Crippen LogP contribution in [0.5, 0.6) is 0 Å². The van der Waals surface area contributed by atoms with E-state index >= 15 is 0 Å². The molecule has 2 rings (SSSR count). The highest BCUT2D eigenvalue weighted by Crippen LogP contribution is 2.20. The molecule has 3 atom stereocenters. The molecule has 0 unspecified atom stereocenters. The number of hydrogen-bond donors (Lipinski definition) is 1. The number of ether oxygens (including phenoxy) is 1. The SMILES string of the molecule is C[C@H](Sc1ncccn1)C(=O)N[C@H](C)[C@H]1CCCO1. The summed E-state index contributed by atoms with van der Waals surface area (Å²) in [4.78, 5) is 20.3. The van der Waals surface area contributed by atoms with Crippen molar-refractivity contribution in [3.63, 3.8) is 0 Å². The Balaban J connectivity index is 1.82. The number of amides is 1. The summed E-state index contributed by atoms with van der Waals surface area (Å²) in [6, 6.07) is 1.81. The van der Waals surface area contributed by atoms with Crippen molar-refractivity contribution in [2.45, 2.75) is 49.2 Å². The number of aromatic nitrogens is 2. The summed E-state index contributed by atoms with van der Waals surface area (Å²) in [5.41, 5.74) is 0. The molecule has 1 aliphatic heterocycles. The van der Waals surface area contributed by atoms with Crippen LogP contribution in [0.2, 0.25) is 0 Å². The van der Waals surface area contributed by atoms with Crippen LogP contribution in [0.25, 0.3) is 0 Å². The Hall–Kier alpha value is -1.14. The molecule has 0 aliphatic carbocycles. The van der Waals surface area contributed by atoms with E-state index in [0.717, 1.165) is 19.4 Å². The van der Waals surface area contributed by atoms with Crippen molar-refractivity contribution in [2.75, 3.05) is 6.61 Å². The van der Waals surface area contributed by atoms with E-state index in [1.807, 2.05) is 13.8 Å². The van der Waals surface area contributed by atoms with Crippen molar-refractivity contribution in [2.24, 2.45) is 0 Å². The summed E-state index contributed by atoms with van der Waals surface area (Å²) in [7, 11) is 0. The molecule has 0 aromatic carbocycles. The first-order valence-corrected chi connectivity index (χ1v) is 7.40. The second kappa shape index (κ2) is 6.86. The second-order valence-electron chi connectivity index (χ2n) is 4.64. The van der Waals surface area contributed by atoms with Crippen LogP contribution in [0.1, 0.15) is 26.7 Å². The number of nitrogens with zero attached hydrogens (tertiary/aromatic N) is 2. The van der Waals surface area contributed by atoms with Crippen molar-refractivity contribution in [1.82, 2.24) is 15.3 Å². The Labute approximate surface area is 117 Å². The fourth-order valence-corrected chi connectivity index (χ4v) is 2.72. The molecule has 0 bridgehead atoms. The van der Waals surface area contributed by atoms with Crippen LogP contribution in [-0.2, 0) is 9.53 Å². The number of rotatable bonds is 5. The van der Waals surface area contributed by atoms with Crippen LogP contribution in [0.15, 0.2) is 23.6 Å². The van der Waals surface area contributed by atoms with Gasteiger partial charge in [-0.3, -0.25) is 4.79 Å². The zero-order valence-corrected chi connectivity index (χ0v) is 12.0. The molecule has 19 heavy (non-hydrogen) atoms. The van der Waals surface area contributed by atoms with Gasteiger partial charge in [0.25, 0.3) is 0 Å². The number of nitrogens with one attached hydrogen (secondary N) is 1. The van der Waals surface area contributed by atoms with Gasteiger partial charge in [-0.25, -0.2) is 9.97 Å². The number of hydrogen-bond acceptors (Lipinski definition) is 5. The summed E-state index contributed by atoms with van der Waals surface area (Å²) in [5, 5.41) is 3.41. The van der Waals surface area contributed by atoms with Crippen LogP contribution in [0, 0.1) is 0 Å². The van der Waals surface area contributed by atoms with Crippen molar-refractivity contribution >= 4 is 17.7 Å². The molecule has 0 saturated carbocycles. The molecule has 0 radical (unpaired) electrons. The Morgan fingerprint density at radius 3 is 2.84 bits per heavy atom. The van der Waals surface area contributed by atoms with Gasteiger partial charge in [0.05, 0.1) is 17.4 Å². The average molecular weight is 281 g/mol. The minimum absolute atomic E-state index is 0.000420. The minimum atomic E-state index is -0.216. The maximum absolute atomic E-state index is 12.1. The molecule has 1 fully saturated rings. The monoisotopic (exact) mass is 281 g/mol. The molecule has 104 valence electrons. The predicted molar refractivity (Wildman–Crippen MR) is 73.9 cm³/mol. The molecule has 6 heteroatoms. The standard InChI is InChI=1S/C13H19N3O2S/c1-9(11-5-3-8-18-11)16-12(17)10(2)19-13-14-6-4-7-15-13/h4,6-7,9-11H,3,5,8H2,1-2H3,(H,16,17)/t9-,10+,11-/m1/s1. The lowest BCUT2D eigenvalue weighted by Gasteiger charge is -2.21. The molecule has 1 aliphatic rings. The van der Waals surface area contributed by atoms with Gasteiger partial charge in [-0.1, -0.05) is 11.8 Å². The highest BCUT2D eigenvalue weighted by atomic mass is 32.2. The van der Waals surface area contributed by atoms with Gasteiger partial charge >= 0.3 is 0 Å². The topological polar surface area (TPSA) is 64.1 Å². The second-order valence-corrected chi connectivity index (χ2v) is 5.95. The smallest absolute Gasteiger partial charge is 0.233 e. The number of carbonyl (C=O) groups is 1. The fourth-order valence-electron chi connectivity index (χ4n) is 1.99. The molecule has 1 N–H and O–H groups in total. The molecule has 0 spiro atoms. The van der Waals surface area contributed by atoms with Crippen molar-refractivity contribution in [3.8, 4) is 0 Å². The summed E-state index contributed by atoms with van der Waals surface area (Å²) in [6.45, 7) is 4.65. The van der Waals surface area contributed by atoms with E-state index in [9.17, 15) is 4.79 Å². The Morgan fingerprint density at radius 2 is 2.21 bits per heavy atom. The van der Waals surface area contributed by atoms with Crippen LogP contribution < -0.4 is 5.32 Å². The third-order valence-corrected chi connectivity index (χ3v) is 4.08. The zero-order valence-electron chi connectivity index (χ0n) is 11.2. The van der Waals surface area contributed by atoms with E-state index in [1.54, 1.807) is 18.5 Å². The third-order valence-electron chi connectivity index (χ3n) is 3.09. The van der Waals surface area contributed by atoms with E-state index in [2.05, 4.69) is 15.3 Å². The highest BCUT2D eigenvalue weighted by Gasteiger charge is 2.25. The van der Waals surface area contributed by atoms with E-state index in [1.165, 1.54) is 11.8 Å². The largest absolute Gasteiger partial charge is 0.376 e. The van der Waals surface area contributed by atoms with Gasteiger partial charge in [0.15, 0.2) is 5.16 Å². The Kier molecular flexibility index (Phi) is 5.15. The van der Waals surface area contributed by atoms with Gasteiger partial charge < -0.3 is 10.1 Å². The Morgan fingerprint density at radius 1 is 1.47 bits per heavy atom. The molecule has 1 amide bonds. The van der Waals surface area contributed by atoms with Gasteiger partial charge in [0.1, 0.15) is 0 Å². The third kappa shape index (κ3) is 4.18. The van der Waals surface area contributed by atoms with Crippen LogP contribution >= 0.6 is 11.8 Å². The van der Waals surface area contributed by atoms with Crippen molar-refractivity contribution in [3.05, 3.63) is 18.5 Å². The highest BCUT2D eigenvalue weighted by molar-refractivity contribution is 8.00. The predicted octanol–water partition coefficient (Wildman–Crippen LogP) is 1.64. The van der Waals surface area contributed by atoms with Gasteiger partial charge in [-0.05, 0) is 32.8 Å². The quantitative estimate of drug-likeness (QED) is 0.656. The lowest BCUT2D eigenvalue weighted by molar-refractivity contribution is -0.121. The molecule has 5 nitrogen and oxygen atoms in total. The van der Waals surface area contributed by atoms with Crippen LogP contribution in [-0.4, -0.2) is 39.9 Å². The van der Waals surface area contributed by atoms with Crippen molar-refractivity contribution < 1.29 is 9.53 Å². The normalized spacial score (nSPS) is 21.9. The van der Waals surface area contributed by atoms with Gasteiger partial charge in [-0.2, -0.15) is 0 Å². The lowest BCUT2D eigenvalue weighted by atomic mass is 10.1. The summed E-state index contributed by atoms with van der Waals surface area (Å²) in [5.74, 6) is 0.000420. The minimum Gasteiger partial charge on any atom is -0.376 e. The van der Waals surface area contributed by atoms with Gasteiger partial charge in [0.2, 0.25) is 5.91 Å². The first-order chi connectivity index (χ1) is 9.16. The molecular weight excluding hydrogens is 262 g/mol. The van der Waals surface area contributed by atoms with Crippen LogP contribution in [0.4, 0.5) is 0 Å². The van der Waals surface area contributed by atoms with E-state index in [-0.39, 0.29) is 23.3 Å². The first-order valence-electron chi connectivity index (χ1n) is 6.52. The zero-order chi connectivity index (χ0) is 13.7.